The van der Waals surface area contributed by atoms with E-state index in [0.717, 1.165) is 16.9 Å². The number of anilines is 1. The van der Waals surface area contributed by atoms with Crippen LogP contribution in [0.2, 0.25) is 0 Å². The van der Waals surface area contributed by atoms with E-state index >= 15 is 0 Å². The number of amides is 1. The highest BCUT2D eigenvalue weighted by atomic mass is 32.2. The minimum Gasteiger partial charge on any atom is -0.325 e. The molecule has 2 aromatic rings. The van der Waals surface area contributed by atoms with Gasteiger partial charge in [0.2, 0.25) is 5.91 Å². The lowest BCUT2D eigenvalue weighted by Gasteiger charge is -2.13. The van der Waals surface area contributed by atoms with Crippen LogP contribution in [0.15, 0.2) is 40.3 Å². The van der Waals surface area contributed by atoms with Gasteiger partial charge in [0, 0.05) is 11.8 Å². The summed E-state index contributed by atoms with van der Waals surface area (Å²) in [6.07, 6.45) is 0. The number of nitrogens with one attached hydrogen (secondary N) is 2. The van der Waals surface area contributed by atoms with Crippen LogP contribution in [-0.2, 0) is 4.79 Å². The van der Waals surface area contributed by atoms with Crippen molar-refractivity contribution in [1.29, 1.82) is 0 Å². The average molecular weight is 331 g/mol. The third kappa shape index (κ3) is 4.69. The highest BCUT2D eigenvalue weighted by molar-refractivity contribution is 8.00. The van der Waals surface area contributed by atoms with Gasteiger partial charge in [-0.1, -0.05) is 43.8 Å². The zero-order valence-corrected chi connectivity index (χ0v) is 14.5. The summed E-state index contributed by atoms with van der Waals surface area (Å²) in [6, 6.07) is 9.11. The lowest BCUT2D eigenvalue weighted by Crippen LogP contribution is -2.23. The maximum absolute atomic E-state index is 12.3. The van der Waals surface area contributed by atoms with E-state index in [2.05, 4.69) is 15.3 Å². The zero-order valence-electron chi connectivity index (χ0n) is 13.7. The number of aromatic nitrogens is 2. The first kappa shape index (κ1) is 17.3. The van der Waals surface area contributed by atoms with Crippen molar-refractivity contribution in [3.05, 3.63) is 51.9 Å². The third-order valence-electron chi connectivity index (χ3n) is 3.39. The minimum absolute atomic E-state index is 0.123. The quantitative estimate of drug-likeness (QED) is 0.651. The maximum atomic E-state index is 12.3. The molecule has 2 N–H and O–H groups in total. The van der Waals surface area contributed by atoms with Gasteiger partial charge in [-0.05, 0) is 31.4 Å². The molecule has 1 atom stereocenters. The van der Waals surface area contributed by atoms with Crippen LogP contribution in [0.3, 0.4) is 0 Å². The van der Waals surface area contributed by atoms with Crippen LogP contribution in [-0.4, -0.2) is 21.1 Å². The molecule has 0 bridgehead atoms. The number of para-hydroxylation sites is 1. The molecule has 2 rings (SSSR count). The molecule has 0 saturated heterocycles. The lowest BCUT2D eigenvalue weighted by molar-refractivity contribution is -0.115. The Kier molecular flexibility index (Phi) is 5.60. The summed E-state index contributed by atoms with van der Waals surface area (Å²) in [5.74, 6) is 0.0367. The second kappa shape index (κ2) is 7.46. The van der Waals surface area contributed by atoms with Crippen molar-refractivity contribution >= 4 is 23.4 Å². The number of rotatable bonds is 5. The van der Waals surface area contributed by atoms with E-state index in [1.165, 1.54) is 17.8 Å². The van der Waals surface area contributed by atoms with E-state index in [1.807, 2.05) is 45.0 Å². The van der Waals surface area contributed by atoms with Crippen molar-refractivity contribution in [2.45, 2.75) is 44.0 Å². The summed E-state index contributed by atoms with van der Waals surface area (Å²) in [5.41, 5.74) is 2.33. The molecular formula is C17H21N3O2S. The second-order valence-electron chi connectivity index (χ2n) is 5.69. The molecule has 0 spiro atoms. The van der Waals surface area contributed by atoms with E-state index in [1.54, 1.807) is 6.92 Å². The van der Waals surface area contributed by atoms with E-state index < -0.39 is 0 Å². The molecule has 1 aromatic heterocycles. The number of H-pyrrole nitrogens is 1. The summed E-state index contributed by atoms with van der Waals surface area (Å²) in [5, 5.41) is 2.99. The number of hydrogen-bond acceptors (Lipinski definition) is 4. The van der Waals surface area contributed by atoms with E-state index in [-0.39, 0.29) is 22.6 Å². The summed E-state index contributed by atoms with van der Waals surface area (Å²) < 4.78 is 0. The van der Waals surface area contributed by atoms with Gasteiger partial charge in [0.1, 0.15) is 0 Å². The molecule has 1 heterocycles. The molecule has 5 nitrogen and oxygen atoms in total. The van der Waals surface area contributed by atoms with Crippen LogP contribution in [0.1, 0.15) is 37.9 Å². The average Bonchev–Trinajstić information content (AvgIpc) is 2.48. The van der Waals surface area contributed by atoms with Gasteiger partial charge in [0.15, 0.2) is 5.16 Å². The molecule has 0 radical (unpaired) electrons. The maximum Gasteiger partial charge on any atom is 0.251 e. The first-order valence-electron chi connectivity index (χ1n) is 7.51. The zero-order chi connectivity index (χ0) is 17.0. The van der Waals surface area contributed by atoms with Gasteiger partial charge < -0.3 is 10.3 Å². The molecule has 1 aromatic carbocycles. The Morgan fingerprint density at radius 2 is 1.96 bits per heavy atom. The Morgan fingerprint density at radius 3 is 2.61 bits per heavy atom. The van der Waals surface area contributed by atoms with Crippen LogP contribution in [0.5, 0.6) is 0 Å². The van der Waals surface area contributed by atoms with Crippen LogP contribution in [0.25, 0.3) is 0 Å². The van der Waals surface area contributed by atoms with Gasteiger partial charge in [-0.3, -0.25) is 9.59 Å². The van der Waals surface area contributed by atoms with Crippen molar-refractivity contribution in [3.63, 3.8) is 0 Å². The SMILES string of the molecule is Cc1ccccc1NC(=O)C(C)Sc1nc(C(C)C)cc(=O)[nH]1. The summed E-state index contributed by atoms with van der Waals surface area (Å²) in [7, 11) is 0. The molecular weight excluding hydrogens is 310 g/mol. The van der Waals surface area contributed by atoms with Crippen molar-refractivity contribution in [2.24, 2.45) is 0 Å². The standard InChI is InChI=1S/C17H21N3O2S/c1-10(2)14-9-15(21)20-17(19-14)23-12(4)16(22)18-13-8-6-5-7-11(13)3/h5-10,12H,1-4H3,(H,18,22)(H,19,20,21). The minimum atomic E-state index is -0.375. The van der Waals surface area contributed by atoms with Gasteiger partial charge in [-0.25, -0.2) is 4.98 Å². The summed E-state index contributed by atoms with van der Waals surface area (Å²) in [6.45, 7) is 7.69. The number of hydrogen-bond donors (Lipinski definition) is 2. The van der Waals surface area contributed by atoms with E-state index in [4.69, 9.17) is 0 Å². The van der Waals surface area contributed by atoms with Crippen LogP contribution >= 0.6 is 11.8 Å². The van der Waals surface area contributed by atoms with Crippen molar-refractivity contribution in [3.8, 4) is 0 Å². The van der Waals surface area contributed by atoms with Crippen molar-refractivity contribution in [1.82, 2.24) is 9.97 Å². The normalized spacial score (nSPS) is 12.2. The number of aryl methyl sites for hydroxylation is 1. The largest absolute Gasteiger partial charge is 0.325 e. The number of carbonyl (C=O) groups is 1. The van der Waals surface area contributed by atoms with Gasteiger partial charge in [0.25, 0.3) is 5.56 Å². The molecule has 0 aliphatic rings. The van der Waals surface area contributed by atoms with Crippen LogP contribution in [0, 0.1) is 6.92 Å². The smallest absolute Gasteiger partial charge is 0.251 e. The summed E-state index contributed by atoms with van der Waals surface area (Å²) >= 11 is 1.24. The fourth-order valence-electron chi connectivity index (χ4n) is 1.97. The first-order chi connectivity index (χ1) is 10.9. The molecule has 0 aliphatic carbocycles. The van der Waals surface area contributed by atoms with Gasteiger partial charge >= 0.3 is 0 Å². The summed E-state index contributed by atoms with van der Waals surface area (Å²) in [4.78, 5) is 31.1. The fourth-order valence-corrected chi connectivity index (χ4v) is 2.79. The molecule has 0 fully saturated rings. The van der Waals surface area contributed by atoms with Gasteiger partial charge in [-0.2, -0.15) is 0 Å². The molecule has 122 valence electrons. The monoisotopic (exact) mass is 331 g/mol. The number of thioether (sulfide) groups is 1. The third-order valence-corrected chi connectivity index (χ3v) is 4.38. The lowest BCUT2D eigenvalue weighted by atomic mass is 10.1. The fraction of sp³-hybridized carbons (Fsp3) is 0.353. The van der Waals surface area contributed by atoms with E-state index in [9.17, 15) is 9.59 Å². The predicted octanol–water partition coefficient (Wildman–Crippen LogP) is 3.32. The molecule has 6 heteroatoms. The van der Waals surface area contributed by atoms with Crippen molar-refractivity contribution < 1.29 is 4.79 Å². The Bertz CT molecular complexity index is 755. The first-order valence-corrected chi connectivity index (χ1v) is 8.39. The van der Waals surface area contributed by atoms with Gasteiger partial charge in [0.05, 0.1) is 10.9 Å². The van der Waals surface area contributed by atoms with Crippen LogP contribution in [0.4, 0.5) is 5.69 Å². The van der Waals surface area contributed by atoms with Crippen LogP contribution < -0.4 is 10.9 Å². The molecule has 0 saturated carbocycles. The Hall–Kier alpha value is -2.08. The molecule has 0 aliphatic heterocycles. The number of aromatic amines is 1. The molecule has 1 amide bonds. The molecule has 1 unspecified atom stereocenters. The Balaban J connectivity index is 2.09. The van der Waals surface area contributed by atoms with Gasteiger partial charge in [-0.15, -0.1) is 0 Å². The topological polar surface area (TPSA) is 74.8 Å². The van der Waals surface area contributed by atoms with Crippen molar-refractivity contribution in [2.75, 3.05) is 5.32 Å². The second-order valence-corrected chi connectivity index (χ2v) is 7.02. The number of benzene rings is 1. The molecule has 23 heavy (non-hydrogen) atoms. The van der Waals surface area contributed by atoms with E-state index in [0.29, 0.717) is 5.16 Å². The number of carbonyl (C=O) groups excluding carboxylic acids is 1. The predicted molar refractivity (Wildman–Crippen MR) is 94.1 cm³/mol. The Morgan fingerprint density at radius 1 is 1.26 bits per heavy atom. The number of nitrogens with zero attached hydrogens (tertiary/aromatic N) is 1. The Labute approximate surface area is 139 Å². The highest BCUT2D eigenvalue weighted by Gasteiger charge is 2.17. The highest BCUT2D eigenvalue weighted by Crippen LogP contribution is 2.22.